The van der Waals surface area contributed by atoms with E-state index in [1.807, 2.05) is 0 Å². The van der Waals surface area contributed by atoms with Crippen molar-refractivity contribution in [3.8, 4) is 0 Å². The number of hydrogen-bond acceptors (Lipinski definition) is 1. The van der Waals surface area contributed by atoms with E-state index in [0.717, 1.165) is 23.8 Å². The van der Waals surface area contributed by atoms with E-state index in [-0.39, 0.29) is 0 Å². The van der Waals surface area contributed by atoms with Gasteiger partial charge < -0.3 is 5.32 Å². The van der Waals surface area contributed by atoms with Gasteiger partial charge in [-0.05, 0) is 37.6 Å². The normalized spacial score (nSPS) is 30.0. The Balaban J connectivity index is 2.61. The molecular weight excluding hydrogens is 194 g/mol. The summed E-state index contributed by atoms with van der Waals surface area (Å²) in [4.78, 5) is 0. The first-order chi connectivity index (χ1) is 7.74. The second-order valence-electron chi connectivity index (χ2n) is 5.70. The Morgan fingerprint density at radius 3 is 2.44 bits per heavy atom. The van der Waals surface area contributed by atoms with Crippen molar-refractivity contribution < 1.29 is 0 Å². The van der Waals surface area contributed by atoms with Gasteiger partial charge in [0.2, 0.25) is 0 Å². The molecule has 96 valence electrons. The van der Waals surface area contributed by atoms with E-state index in [0.29, 0.717) is 0 Å². The molecule has 0 saturated heterocycles. The SMILES string of the molecule is CCCC(C)C(NC)C1CCCCC1CC. The summed E-state index contributed by atoms with van der Waals surface area (Å²) in [5, 5.41) is 3.62. The van der Waals surface area contributed by atoms with Gasteiger partial charge in [0, 0.05) is 6.04 Å². The van der Waals surface area contributed by atoms with Crippen LogP contribution >= 0.6 is 0 Å². The lowest BCUT2D eigenvalue weighted by molar-refractivity contribution is 0.143. The van der Waals surface area contributed by atoms with Crippen molar-refractivity contribution in [1.29, 1.82) is 0 Å². The molecule has 1 saturated carbocycles. The summed E-state index contributed by atoms with van der Waals surface area (Å²) >= 11 is 0. The predicted molar refractivity (Wildman–Crippen MR) is 72.7 cm³/mol. The van der Waals surface area contributed by atoms with Crippen molar-refractivity contribution in [2.45, 2.75) is 71.8 Å². The van der Waals surface area contributed by atoms with Crippen molar-refractivity contribution in [3.05, 3.63) is 0 Å². The van der Waals surface area contributed by atoms with E-state index in [2.05, 4.69) is 33.1 Å². The van der Waals surface area contributed by atoms with E-state index in [4.69, 9.17) is 0 Å². The summed E-state index contributed by atoms with van der Waals surface area (Å²) in [5.74, 6) is 2.75. The maximum Gasteiger partial charge on any atom is 0.0121 e. The van der Waals surface area contributed by atoms with Crippen LogP contribution in [0, 0.1) is 17.8 Å². The predicted octanol–water partition coefficient (Wildman–Crippen LogP) is 4.23. The third-order valence-electron chi connectivity index (χ3n) is 4.64. The lowest BCUT2D eigenvalue weighted by Crippen LogP contribution is -2.43. The standard InChI is InChI=1S/C15H31N/c1-5-9-12(3)15(16-4)14-11-8-7-10-13(14)6-2/h12-16H,5-11H2,1-4H3. The summed E-state index contributed by atoms with van der Waals surface area (Å²) in [7, 11) is 2.16. The zero-order chi connectivity index (χ0) is 12.0. The van der Waals surface area contributed by atoms with Gasteiger partial charge in [-0.25, -0.2) is 0 Å². The first-order valence-corrected chi connectivity index (χ1v) is 7.41. The molecule has 0 aromatic heterocycles. The van der Waals surface area contributed by atoms with E-state index >= 15 is 0 Å². The molecule has 0 aliphatic heterocycles. The van der Waals surface area contributed by atoms with Gasteiger partial charge in [0.25, 0.3) is 0 Å². The molecule has 4 unspecified atom stereocenters. The van der Waals surface area contributed by atoms with Crippen LogP contribution in [0.4, 0.5) is 0 Å². The van der Waals surface area contributed by atoms with Crippen molar-refractivity contribution in [2.75, 3.05) is 7.05 Å². The minimum atomic E-state index is 0.755. The van der Waals surface area contributed by atoms with Gasteiger partial charge in [0.15, 0.2) is 0 Å². The van der Waals surface area contributed by atoms with Gasteiger partial charge >= 0.3 is 0 Å². The second kappa shape index (κ2) is 7.32. The summed E-state index contributed by atoms with van der Waals surface area (Å²) in [6.07, 6.45) is 9.92. The third-order valence-corrected chi connectivity index (χ3v) is 4.64. The zero-order valence-electron chi connectivity index (χ0n) is 11.8. The minimum absolute atomic E-state index is 0.755. The molecule has 1 aliphatic rings. The topological polar surface area (TPSA) is 12.0 Å². The van der Waals surface area contributed by atoms with Crippen molar-refractivity contribution in [1.82, 2.24) is 5.32 Å². The van der Waals surface area contributed by atoms with E-state index in [1.165, 1.54) is 44.9 Å². The van der Waals surface area contributed by atoms with E-state index in [1.54, 1.807) is 0 Å². The quantitative estimate of drug-likeness (QED) is 0.713. The molecule has 1 heteroatoms. The number of nitrogens with one attached hydrogen (secondary N) is 1. The van der Waals surface area contributed by atoms with Gasteiger partial charge in [-0.3, -0.25) is 0 Å². The van der Waals surface area contributed by atoms with Crippen LogP contribution in [0.1, 0.15) is 65.7 Å². The lowest BCUT2D eigenvalue weighted by atomic mass is 9.70. The Morgan fingerprint density at radius 2 is 1.88 bits per heavy atom. The van der Waals surface area contributed by atoms with Gasteiger partial charge in [-0.2, -0.15) is 0 Å². The largest absolute Gasteiger partial charge is 0.316 e. The molecule has 0 radical (unpaired) electrons. The average molecular weight is 225 g/mol. The highest BCUT2D eigenvalue weighted by atomic mass is 14.9. The summed E-state index contributed by atoms with van der Waals surface area (Å²) in [6.45, 7) is 7.12. The zero-order valence-corrected chi connectivity index (χ0v) is 11.8. The molecule has 0 aromatic rings. The van der Waals surface area contributed by atoms with Crippen molar-refractivity contribution in [3.63, 3.8) is 0 Å². The van der Waals surface area contributed by atoms with Crippen LogP contribution in [-0.4, -0.2) is 13.1 Å². The maximum atomic E-state index is 3.62. The second-order valence-corrected chi connectivity index (χ2v) is 5.70. The third kappa shape index (κ3) is 3.48. The molecule has 1 rings (SSSR count). The van der Waals surface area contributed by atoms with Crippen LogP contribution in [0.25, 0.3) is 0 Å². The molecule has 4 atom stereocenters. The lowest BCUT2D eigenvalue weighted by Gasteiger charge is -2.39. The molecule has 1 N–H and O–H groups in total. The molecule has 0 amide bonds. The fraction of sp³-hybridized carbons (Fsp3) is 1.00. The minimum Gasteiger partial charge on any atom is -0.316 e. The Hall–Kier alpha value is -0.0400. The molecule has 0 aromatic carbocycles. The molecule has 16 heavy (non-hydrogen) atoms. The Kier molecular flexibility index (Phi) is 6.41. The van der Waals surface area contributed by atoms with Crippen molar-refractivity contribution in [2.24, 2.45) is 17.8 Å². The van der Waals surface area contributed by atoms with Crippen LogP contribution in [0.5, 0.6) is 0 Å². The highest BCUT2D eigenvalue weighted by Gasteiger charge is 2.32. The van der Waals surface area contributed by atoms with Crippen LogP contribution in [0.3, 0.4) is 0 Å². The highest BCUT2D eigenvalue weighted by molar-refractivity contribution is 4.86. The first kappa shape index (κ1) is 14.0. The van der Waals surface area contributed by atoms with Gasteiger partial charge in [0.1, 0.15) is 0 Å². The van der Waals surface area contributed by atoms with Crippen LogP contribution in [-0.2, 0) is 0 Å². The Bertz CT molecular complexity index is 178. The maximum absolute atomic E-state index is 3.62. The monoisotopic (exact) mass is 225 g/mol. The Labute approximate surface area is 102 Å². The fourth-order valence-corrected chi connectivity index (χ4v) is 3.77. The van der Waals surface area contributed by atoms with Gasteiger partial charge in [0.05, 0.1) is 0 Å². The average Bonchev–Trinajstić information content (AvgIpc) is 2.31. The number of hydrogen-bond donors (Lipinski definition) is 1. The van der Waals surface area contributed by atoms with Crippen LogP contribution < -0.4 is 5.32 Å². The van der Waals surface area contributed by atoms with E-state index < -0.39 is 0 Å². The summed E-state index contributed by atoms with van der Waals surface area (Å²) < 4.78 is 0. The molecule has 0 heterocycles. The smallest absolute Gasteiger partial charge is 0.0121 e. The van der Waals surface area contributed by atoms with Gasteiger partial charge in [-0.1, -0.05) is 52.9 Å². The molecule has 1 fully saturated rings. The molecule has 1 aliphatic carbocycles. The fourth-order valence-electron chi connectivity index (χ4n) is 3.77. The van der Waals surface area contributed by atoms with Gasteiger partial charge in [-0.15, -0.1) is 0 Å². The first-order valence-electron chi connectivity index (χ1n) is 7.41. The molecule has 0 spiro atoms. The highest BCUT2D eigenvalue weighted by Crippen LogP contribution is 2.37. The summed E-state index contributed by atoms with van der Waals surface area (Å²) in [5.41, 5.74) is 0. The molecule has 0 bridgehead atoms. The van der Waals surface area contributed by atoms with Crippen LogP contribution in [0.2, 0.25) is 0 Å². The number of rotatable bonds is 6. The van der Waals surface area contributed by atoms with E-state index in [9.17, 15) is 0 Å². The van der Waals surface area contributed by atoms with Crippen molar-refractivity contribution >= 4 is 0 Å². The Morgan fingerprint density at radius 1 is 1.19 bits per heavy atom. The molecular formula is C15H31N. The summed E-state index contributed by atoms with van der Waals surface area (Å²) in [6, 6.07) is 0.755. The van der Waals surface area contributed by atoms with Crippen LogP contribution in [0.15, 0.2) is 0 Å². The molecule has 1 nitrogen and oxygen atoms in total.